The number of hydrogen-bond donors (Lipinski definition) is 1. The van der Waals surface area contributed by atoms with Gasteiger partial charge in [0.15, 0.2) is 0 Å². The zero-order chi connectivity index (χ0) is 4.73. The van der Waals surface area contributed by atoms with Crippen LogP contribution in [0.3, 0.4) is 0 Å². The minimum absolute atomic E-state index is 0.630. The van der Waals surface area contributed by atoms with Crippen LogP contribution in [0, 0.1) is 0 Å². The quantitative estimate of drug-likeness (QED) is 0.331. The number of hydrogen-bond acceptors (Lipinski definition) is 2. The Morgan fingerprint density at radius 2 is 1.50 bits per heavy atom. The van der Waals surface area contributed by atoms with E-state index in [0.717, 1.165) is 0 Å². The smallest absolute Gasteiger partial charge is 0.0383 e. The second-order valence-electron chi connectivity index (χ2n) is 1.93. The molecule has 1 unspecified atom stereocenters. The normalized spacial score (nSPS) is 55.5. The summed E-state index contributed by atoms with van der Waals surface area (Å²) in [5, 5.41) is 1.83. The molecule has 1 fully saturated rings. The molecule has 36 valence electrons. The predicted octanol–water partition coefficient (Wildman–Crippen LogP) is -0.0473. The number of nitrogens with two attached hydrogens (primary N) is 1. The minimum atomic E-state index is 0.630. The molecule has 3 atom stereocenters. The van der Waals surface area contributed by atoms with E-state index >= 15 is 0 Å². The van der Waals surface area contributed by atoms with Crippen LogP contribution in [0.1, 0.15) is 13.8 Å². The van der Waals surface area contributed by atoms with Crippen LogP contribution < -0.4 is 5.84 Å². The van der Waals surface area contributed by atoms with Crippen molar-refractivity contribution in [2.45, 2.75) is 25.9 Å². The summed E-state index contributed by atoms with van der Waals surface area (Å²) in [5.41, 5.74) is 0. The van der Waals surface area contributed by atoms with Gasteiger partial charge in [0.1, 0.15) is 0 Å². The Morgan fingerprint density at radius 3 is 1.50 bits per heavy atom. The molecule has 2 nitrogen and oxygen atoms in total. The first-order valence-electron chi connectivity index (χ1n) is 2.26. The van der Waals surface area contributed by atoms with E-state index in [4.69, 9.17) is 5.84 Å². The van der Waals surface area contributed by atoms with E-state index in [1.54, 1.807) is 0 Å². The predicted molar refractivity (Wildman–Crippen MR) is 25.0 cm³/mol. The number of rotatable bonds is 0. The Morgan fingerprint density at radius 1 is 1.33 bits per heavy atom. The molecule has 0 amide bonds. The molecule has 0 saturated carbocycles. The molecule has 0 radical (unpaired) electrons. The van der Waals surface area contributed by atoms with Gasteiger partial charge >= 0.3 is 0 Å². The van der Waals surface area contributed by atoms with Crippen LogP contribution in [0.2, 0.25) is 0 Å². The fourth-order valence-electron chi connectivity index (χ4n) is 0.532. The molecular weight excluding hydrogens is 76.1 g/mol. The van der Waals surface area contributed by atoms with Crippen LogP contribution in [-0.2, 0) is 0 Å². The van der Waals surface area contributed by atoms with E-state index in [1.807, 2.05) is 5.01 Å². The molecule has 1 aliphatic heterocycles. The van der Waals surface area contributed by atoms with Gasteiger partial charge in [-0.3, -0.25) is 5.84 Å². The van der Waals surface area contributed by atoms with Crippen molar-refractivity contribution in [3.63, 3.8) is 0 Å². The number of nitrogens with zero attached hydrogens (tertiary/aromatic N) is 1. The topological polar surface area (TPSA) is 29.0 Å². The average Bonchev–Trinajstić information content (AvgIpc) is 1.94. The van der Waals surface area contributed by atoms with E-state index in [0.29, 0.717) is 12.1 Å². The van der Waals surface area contributed by atoms with Gasteiger partial charge in [-0.05, 0) is 13.8 Å². The highest BCUT2D eigenvalue weighted by Crippen LogP contribution is 2.19. The Kier molecular flexibility index (Phi) is 0.648. The maximum Gasteiger partial charge on any atom is 0.0383 e. The Hall–Kier alpha value is -0.0800. The lowest BCUT2D eigenvalue weighted by Crippen LogP contribution is -2.08. The largest absolute Gasteiger partial charge is 0.268 e. The van der Waals surface area contributed by atoms with E-state index in [-0.39, 0.29) is 0 Å². The first kappa shape index (κ1) is 4.09. The molecule has 0 aromatic rings. The van der Waals surface area contributed by atoms with Gasteiger partial charge < -0.3 is 0 Å². The molecular formula is C4H10N2. The molecule has 2 N–H and O–H groups in total. The summed E-state index contributed by atoms with van der Waals surface area (Å²) >= 11 is 0. The molecule has 0 aromatic heterocycles. The van der Waals surface area contributed by atoms with Gasteiger partial charge in [-0.1, -0.05) is 0 Å². The zero-order valence-electron chi connectivity index (χ0n) is 4.18. The van der Waals surface area contributed by atoms with Crippen LogP contribution >= 0.6 is 0 Å². The van der Waals surface area contributed by atoms with E-state index in [9.17, 15) is 0 Å². The highest BCUT2D eigenvalue weighted by Gasteiger charge is 2.36. The van der Waals surface area contributed by atoms with Crippen LogP contribution in [-0.4, -0.2) is 17.1 Å². The van der Waals surface area contributed by atoms with Gasteiger partial charge in [0.05, 0.1) is 0 Å². The number of hydrazine groups is 1. The van der Waals surface area contributed by atoms with Crippen molar-refractivity contribution in [1.82, 2.24) is 5.01 Å². The molecule has 0 spiro atoms. The summed E-state index contributed by atoms with van der Waals surface area (Å²) < 4.78 is 0. The van der Waals surface area contributed by atoms with Gasteiger partial charge in [0, 0.05) is 12.1 Å². The summed E-state index contributed by atoms with van der Waals surface area (Å²) in [6.45, 7) is 4.23. The third-order valence-corrected chi connectivity index (χ3v) is 1.55. The highest BCUT2D eigenvalue weighted by atomic mass is 15.5. The first-order valence-corrected chi connectivity index (χ1v) is 2.26. The summed E-state index contributed by atoms with van der Waals surface area (Å²) in [7, 11) is 0. The van der Waals surface area contributed by atoms with Crippen molar-refractivity contribution in [2.24, 2.45) is 5.84 Å². The van der Waals surface area contributed by atoms with Crippen molar-refractivity contribution in [1.29, 1.82) is 0 Å². The van der Waals surface area contributed by atoms with E-state index in [2.05, 4.69) is 13.8 Å². The van der Waals surface area contributed by atoms with Gasteiger partial charge in [-0.15, -0.1) is 0 Å². The fourth-order valence-corrected chi connectivity index (χ4v) is 0.532. The second-order valence-corrected chi connectivity index (χ2v) is 1.93. The van der Waals surface area contributed by atoms with Crippen molar-refractivity contribution in [3.05, 3.63) is 0 Å². The van der Waals surface area contributed by atoms with Crippen LogP contribution in [0.4, 0.5) is 0 Å². The lowest BCUT2D eigenvalue weighted by molar-refractivity contribution is 0.524. The van der Waals surface area contributed by atoms with E-state index in [1.165, 1.54) is 0 Å². The summed E-state index contributed by atoms with van der Waals surface area (Å²) in [4.78, 5) is 0. The summed E-state index contributed by atoms with van der Waals surface area (Å²) in [6.07, 6.45) is 0. The molecule has 1 heterocycles. The highest BCUT2D eigenvalue weighted by molar-refractivity contribution is 4.90. The van der Waals surface area contributed by atoms with Crippen molar-refractivity contribution in [3.8, 4) is 0 Å². The molecule has 6 heavy (non-hydrogen) atoms. The lowest BCUT2D eigenvalue weighted by atomic mass is 10.4. The SMILES string of the molecule is C[C@@H]1[C@H](C)N1N. The van der Waals surface area contributed by atoms with Gasteiger partial charge in [0.2, 0.25) is 0 Å². The maximum absolute atomic E-state index is 5.34. The van der Waals surface area contributed by atoms with Gasteiger partial charge in [0.25, 0.3) is 0 Å². The molecule has 0 aromatic carbocycles. The Balaban J connectivity index is 2.31. The molecule has 1 aliphatic rings. The van der Waals surface area contributed by atoms with Crippen molar-refractivity contribution >= 4 is 0 Å². The molecule has 2 heteroatoms. The summed E-state index contributed by atoms with van der Waals surface area (Å²) in [5.74, 6) is 5.34. The molecule has 1 saturated heterocycles. The van der Waals surface area contributed by atoms with Crippen molar-refractivity contribution in [2.75, 3.05) is 0 Å². The third kappa shape index (κ3) is 0.340. The van der Waals surface area contributed by atoms with Gasteiger partial charge in [-0.2, -0.15) is 0 Å². The van der Waals surface area contributed by atoms with Crippen LogP contribution in [0.25, 0.3) is 0 Å². The molecule has 1 rings (SSSR count). The van der Waals surface area contributed by atoms with Crippen molar-refractivity contribution < 1.29 is 0 Å². The zero-order valence-corrected chi connectivity index (χ0v) is 4.18. The van der Waals surface area contributed by atoms with Gasteiger partial charge in [-0.25, -0.2) is 5.01 Å². The standard InChI is InChI=1S/C4H10N2/c1-3-4(2)6(3)5/h3-4H,5H2,1-2H3/t3-,4+,6?. The third-order valence-electron chi connectivity index (χ3n) is 1.55. The second kappa shape index (κ2) is 0.950. The molecule has 0 bridgehead atoms. The average molecular weight is 86.1 g/mol. The fraction of sp³-hybridized carbons (Fsp3) is 1.00. The Bertz CT molecular complexity index is 42.3. The first-order chi connectivity index (χ1) is 2.73. The minimum Gasteiger partial charge on any atom is -0.268 e. The Labute approximate surface area is 37.9 Å². The van der Waals surface area contributed by atoms with Crippen LogP contribution in [0.15, 0.2) is 0 Å². The monoisotopic (exact) mass is 86.1 g/mol. The summed E-state index contributed by atoms with van der Waals surface area (Å²) in [6, 6.07) is 1.26. The maximum atomic E-state index is 5.34. The van der Waals surface area contributed by atoms with E-state index < -0.39 is 0 Å². The van der Waals surface area contributed by atoms with Crippen LogP contribution in [0.5, 0.6) is 0 Å². The molecule has 0 aliphatic carbocycles. The lowest BCUT2D eigenvalue weighted by Gasteiger charge is -1.79.